The average Bonchev–Trinajstić information content (AvgIpc) is 3.57. The molecule has 2 saturated heterocycles. The summed E-state index contributed by atoms with van der Waals surface area (Å²) in [5, 5.41) is 20.9. The molecule has 10 nitrogen and oxygen atoms in total. The van der Waals surface area contributed by atoms with Gasteiger partial charge < -0.3 is 20.5 Å². The number of hydrogen-bond acceptors (Lipinski definition) is 8. The molecule has 2 fully saturated rings. The largest absolute Gasteiger partial charge is 0.481 e. The summed E-state index contributed by atoms with van der Waals surface area (Å²) in [5.74, 6) is 0.787. The number of ether oxygens (including phenoxy) is 1. The number of piperidine rings is 1. The van der Waals surface area contributed by atoms with E-state index in [-0.39, 0.29) is 12.1 Å². The molecule has 2 aromatic rings. The van der Waals surface area contributed by atoms with Crippen LogP contribution in [-0.2, 0) is 16.0 Å². The van der Waals surface area contributed by atoms with E-state index in [2.05, 4.69) is 44.2 Å². The van der Waals surface area contributed by atoms with Crippen LogP contribution in [0.5, 0.6) is 0 Å². The number of halogens is 1. The maximum Gasteiger partial charge on any atom is 0.300 e. The van der Waals surface area contributed by atoms with Crippen LogP contribution in [-0.4, -0.2) is 86.8 Å². The number of aliphatic carboxylic acids is 1. The summed E-state index contributed by atoms with van der Waals surface area (Å²) in [5.41, 5.74) is 7.13. The third-order valence-electron chi connectivity index (χ3n) is 7.16. The van der Waals surface area contributed by atoms with Crippen LogP contribution in [0.3, 0.4) is 0 Å². The highest BCUT2D eigenvalue weighted by Crippen LogP contribution is 2.29. The van der Waals surface area contributed by atoms with Crippen LogP contribution in [0.2, 0.25) is 5.02 Å². The lowest BCUT2D eigenvalue weighted by Gasteiger charge is -2.48. The first-order valence-electron chi connectivity index (χ1n) is 12.7. The fourth-order valence-corrected chi connectivity index (χ4v) is 5.35. The monoisotopic (exact) mass is 529 g/mol. The Balaban J connectivity index is 0.000000747. The summed E-state index contributed by atoms with van der Waals surface area (Å²) in [7, 11) is 0. The Hall–Kier alpha value is -2.95. The van der Waals surface area contributed by atoms with Crippen LogP contribution < -0.4 is 5.73 Å². The molecule has 0 bridgehead atoms. The Morgan fingerprint density at radius 2 is 1.95 bits per heavy atom. The normalized spacial score (nSPS) is 23.6. The summed E-state index contributed by atoms with van der Waals surface area (Å²) in [6.07, 6.45) is 7.78. The first-order valence-corrected chi connectivity index (χ1v) is 13.1. The summed E-state index contributed by atoms with van der Waals surface area (Å²) in [4.78, 5) is 14.0. The van der Waals surface area contributed by atoms with Gasteiger partial charge in [-0.1, -0.05) is 23.7 Å². The predicted octanol–water partition coefficient (Wildman–Crippen LogP) is 3.04. The van der Waals surface area contributed by atoms with E-state index in [9.17, 15) is 0 Å². The minimum atomic E-state index is -0.833. The Morgan fingerprint density at radius 3 is 2.54 bits per heavy atom. The number of nitrogens with zero attached hydrogens (tertiary/aromatic N) is 6. The second kappa shape index (κ2) is 12.5. The van der Waals surface area contributed by atoms with Gasteiger partial charge in [-0.3, -0.25) is 14.4 Å². The molecule has 4 heterocycles. The number of amidine groups is 2. The van der Waals surface area contributed by atoms with Crippen molar-refractivity contribution in [1.82, 2.24) is 19.6 Å². The molecule has 1 aromatic carbocycles. The van der Waals surface area contributed by atoms with Crippen LogP contribution in [0.1, 0.15) is 44.7 Å². The van der Waals surface area contributed by atoms with Crippen LogP contribution in [0.4, 0.5) is 0 Å². The molecule has 3 atom stereocenters. The molecule has 0 spiro atoms. The van der Waals surface area contributed by atoms with Gasteiger partial charge in [0.2, 0.25) is 0 Å². The minimum absolute atomic E-state index is 0.108. The van der Waals surface area contributed by atoms with Gasteiger partial charge in [0.1, 0.15) is 11.7 Å². The van der Waals surface area contributed by atoms with E-state index in [1.165, 1.54) is 5.56 Å². The Bertz CT molecular complexity index is 1080. The first-order chi connectivity index (χ1) is 17.8. The van der Waals surface area contributed by atoms with Gasteiger partial charge in [0.15, 0.2) is 0 Å². The first kappa shape index (κ1) is 27.1. The number of nitrogens with two attached hydrogens (primary N) is 1. The third-order valence-corrected chi connectivity index (χ3v) is 7.41. The molecule has 0 radical (unpaired) electrons. The molecule has 3 aliphatic rings. The molecule has 5 rings (SSSR count). The van der Waals surface area contributed by atoms with E-state index in [1.807, 2.05) is 35.3 Å². The number of carboxylic acids is 1. The molecule has 0 aliphatic carbocycles. The fraction of sp³-hybridized carbons (Fsp3) is 0.538. The topological polar surface area (TPSA) is 122 Å². The zero-order valence-corrected chi connectivity index (χ0v) is 22.2. The Labute approximate surface area is 222 Å². The van der Waals surface area contributed by atoms with Crippen molar-refractivity contribution >= 4 is 29.2 Å². The van der Waals surface area contributed by atoms with Gasteiger partial charge in [-0.15, -0.1) is 10.2 Å². The average molecular weight is 530 g/mol. The lowest BCUT2D eigenvalue weighted by molar-refractivity contribution is -0.134. The van der Waals surface area contributed by atoms with Crippen molar-refractivity contribution in [3.8, 4) is 0 Å². The molecule has 3 aliphatic heterocycles. The van der Waals surface area contributed by atoms with Crippen molar-refractivity contribution in [2.24, 2.45) is 15.9 Å². The Kier molecular flexibility index (Phi) is 9.18. The zero-order valence-electron chi connectivity index (χ0n) is 21.4. The maximum atomic E-state index is 9.00. The summed E-state index contributed by atoms with van der Waals surface area (Å²) < 4.78 is 8.43. The second-order valence-electron chi connectivity index (χ2n) is 9.80. The van der Waals surface area contributed by atoms with Crippen molar-refractivity contribution in [2.75, 3.05) is 26.2 Å². The minimum Gasteiger partial charge on any atom is -0.481 e. The predicted molar refractivity (Wildman–Crippen MR) is 144 cm³/mol. The highest BCUT2D eigenvalue weighted by atomic mass is 35.5. The van der Waals surface area contributed by atoms with Crippen LogP contribution in [0.15, 0.2) is 52.9 Å². The SMILES string of the molecule is CC(=O)O.C[C@@H]([C@H]1CN(C2CCN(C3=NN=C(N)C3)CC2)[C@@H](Cc2ccc(Cl)cc2)CO1)n1cccn1. The Morgan fingerprint density at radius 1 is 1.24 bits per heavy atom. The van der Waals surface area contributed by atoms with E-state index < -0.39 is 5.97 Å². The van der Waals surface area contributed by atoms with Gasteiger partial charge >= 0.3 is 0 Å². The summed E-state index contributed by atoms with van der Waals surface area (Å²) in [6.45, 7) is 6.87. The molecule has 0 saturated carbocycles. The third kappa shape index (κ3) is 7.30. The van der Waals surface area contributed by atoms with Crippen molar-refractivity contribution in [3.05, 3.63) is 53.3 Å². The van der Waals surface area contributed by atoms with Gasteiger partial charge in [-0.25, -0.2) is 0 Å². The quantitative estimate of drug-likeness (QED) is 0.610. The zero-order chi connectivity index (χ0) is 26.4. The molecule has 0 unspecified atom stereocenters. The number of rotatable bonds is 5. The second-order valence-corrected chi connectivity index (χ2v) is 10.2. The van der Waals surface area contributed by atoms with Gasteiger partial charge in [-0.05, 0) is 49.9 Å². The number of carbonyl (C=O) groups is 1. The number of aromatic nitrogens is 2. The lowest BCUT2D eigenvalue weighted by atomic mass is 9.95. The molecular weight excluding hydrogens is 494 g/mol. The fourth-order valence-electron chi connectivity index (χ4n) is 5.22. The van der Waals surface area contributed by atoms with Crippen molar-refractivity contribution < 1.29 is 14.6 Å². The van der Waals surface area contributed by atoms with E-state index in [4.69, 9.17) is 32.0 Å². The molecule has 11 heteroatoms. The number of hydrogen-bond donors (Lipinski definition) is 2. The van der Waals surface area contributed by atoms with E-state index in [0.29, 0.717) is 24.3 Å². The summed E-state index contributed by atoms with van der Waals surface area (Å²) >= 11 is 6.11. The molecule has 200 valence electrons. The van der Waals surface area contributed by atoms with Gasteiger partial charge in [0, 0.05) is 56.1 Å². The van der Waals surface area contributed by atoms with Crippen LogP contribution >= 0.6 is 11.6 Å². The van der Waals surface area contributed by atoms with Gasteiger partial charge in [0.25, 0.3) is 5.97 Å². The van der Waals surface area contributed by atoms with E-state index in [1.54, 1.807) is 0 Å². The number of carboxylic acid groups (broad SMARTS) is 1. The van der Waals surface area contributed by atoms with Gasteiger partial charge in [-0.2, -0.15) is 5.10 Å². The van der Waals surface area contributed by atoms with Crippen LogP contribution in [0.25, 0.3) is 0 Å². The highest BCUT2D eigenvalue weighted by molar-refractivity contribution is 6.30. The van der Waals surface area contributed by atoms with E-state index >= 15 is 0 Å². The summed E-state index contributed by atoms with van der Waals surface area (Å²) in [6, 6.07) is 11.2. The number of likely N-dealkylation sites (tertiary alicyclic amines) is 1. The molecular formula is C26H36ClN7O3. The van der Waals surface area contributed by atoms with Crippen molar-refractivity contribution in [2.45, 2.75) is 63.8 Å². The van der Waals surface area contributed by atoms with E-state index in [0.717, 1.165) is 63.3 Å². The van der Waals surface area contributed by atoms with Crippen molar-refractivity contribution in [1.29, 1.82) is 0 Å². The number of benzene rings is 1. The smallest absolute Gasteiger partial charge is 0.300 e. The highest BCUT2D eigenvalue weighted by Gasteiger charge is 2.38. The van der Waals surface area contributed by atoms with Crippen LogP contribution in [0, 0.1) is 0 Å². The van der Waals surface area contributed by atoms with Gasteiger partial charge in [0.05, 0.1) is 25.2 Å². The molecule has 37 heavy (non-hydrogen) atoms. The molecule has 3 N–H and O–H groups in total. The number of morpholine rings is 1. The maximum absolute atomic E-state index is 9.00. The van der Waals surface area contributed by atoms with Crippen molar-refractivity contribution in [3.63, 3.8) is 0 Å². The molecule has 1 aromatic heterocycles. The standard InChI is InChI=1S/C24H32ClN7O.C2H4O2/c1-17(32-10-2-9-27-32)22-15-31(21(16-33-22)13-18-3-5-19(25)6-4-18)20-7-11-30(12-8-20)24-14-23(26)28-29-24;1-2(3)4/h2-6,9-10,17,20-22H,7-8,11-16H2,1H3,(H2,26,28);1H3,(H,3,4)/t17-,21-,22+;/m0./s1. The lowest BCUT2D eigenvalue weighted by Crippen LogP contribution is -2.58. The molecule has 0 amide bonds.